The van der Waals surface area contributed by atoms with Gasteiger partial charge in [-0.1, -0.05) is 27.7 Å². The number of hydrogen-bond acceptors (Lipinski definition) is 9. The van der Waals surface area contributed by atoms with E-state index in [2.05, 4.69) is 27.7 Å². The van der Waals surface area contributed by atoms with Crippen LogP contribution in [0.2, 0.25) is 0 Å². The molecule has 228 valence electrons. The molecular formula is C31H51NO8. The predicted octanol–water partition coefficient (Wildman–Crippen LogP) is 1.31. The molecule has 7 unspecified atom stereocenters. The Hall–Kier alpha value is -0.360. The molecule has 2 heterocycles. The van der Waals surface area contributed by atoms with Gasteiger partial charge in [0.1, 0.15) is 18.3 Å². The number of aliphatic hydroxyl groups is 5. The lowest BCUT2D eigenvalue weighted by Crippen LogP contribution is -2.70. The molecule has 2 saturated heterocycles. The molecule has 7 aliphatic rings. The lowest BCUT2D eigenvalue weighted by molar-refractivity contribution is -0.302. The first-order valence-corrected chi connectivity index (χ1v) is 15.8. The predicted molar refractivity (Wildman–Crippen MR) is 145 cm³/mol. The zero-order valence-corrected chi connectivity index (χ0v) is 24.5. The molecule has 16 atom stereocenters. The Morgan fingerprint density at radius 2 is 1.62 bits per heavy atom. The minimum absolute atomic E-state index is 0.0203. The third-order valence-corrected chi connectivity index (χ3v) is 14.3. The fraction of sp³-hybridized carbons (Fsp3) is 1.00. The van der Waals surface area contributed by atoms with E-state index in [-0.39, 0.29) is 65.0 Å². The van der Waals surface area contributed by atoms with E-state index in [1.54, 1.807) is 0 Å². The van der Waals surface area contributed by atoms with Crippen molar-refractivity contribution in [3.05, 3.63) is 0 Å². The zero-order valence-electron chi connectivity index (χ0n) is 24.5. The molecule has 40 heavy (non-hydrogen) atoms. The van der Waals surface area contributed by atoms with Crippen molar-refractivity contribution in [2.45, 2.75) is 134 Å². The van der Waals surface area contributed by atoms with Crippen LogP contribution in [0.15, 0.2) is 0 Å². The lowest BCUT2D eigenvalue weighted by Gasteiger charge is -2.63. The van der Waals surface area contributed by atoms with E-state index in [1.807, 2.05) is 0 Å². The summed E-state index contributed by atoms with van der Waals surface area (Å²) in [6.45, 7) is 9.06. The first kappa shape index (κ1) is 28.4. The number of aliphatic hydroxyl groups excluding tert-OH is 5. The van der Waals surface area contributed by atoms with Crippen molar-refractivity contribution in [1.82, 2.24) is 0 Å². The van der Waals surface area contributed by atoms with Gasteiger partial charge in [0.05, 0.1) is 43.2 Å². The summed E-state index contributed by atoms with van der Waals surface area (Å²) in [6.07, 6.45) is 1.85. The van der Waals surface area contributed by atoms with Gasteiger partial charge in [0.2, 0.25) is 0 Å². The molecule has 5 saturated carbocycles. The number of nitrogens with two attached hydrogens (primary N) is 1. The van der Waals surface area contributed by atoms with Crippen LogP contribution >= 0.6 is 0 Å². The highest BCUT2D eigenvalue weighted by Crippen LogP contribution is 2.87. The second-order valence-electron chi connectivity index (χ2n) is 15.8. The summed E-state index contributed by atoms with van der Waals surface area (Å²) in [5, 5.41) is 52.5. The van der Waals surface area contributed by atoms with Crippen LogP contribution in [0.25, 0.3) is 0 Å². The molecule has 0 radical (unpaired) electrons. The monoisotopic (exact) mass is 565 g/mol. The smallest absolute Gasteiger partial charge is 0.186 e. The fourth-order valence-corrected chi connectivity index (χ4v) is 12.4. The van der Waals surface area contributed by atoms with Crippen molar-refractivity contribution in [3.63, 3.8) is 0 Å². The second-order valence-corrected chi connectivity index (χ2v) is 15.8. The van der Waals surface area contributed by atoms with Crippen molar-refractivity contribution in [2.24, 2.45) is 51.1 Å². The molecule has 5 aliphatic carbocycles. The van der Waals surface area contributed by atoms with Gasteiger partial charge in [0, 0.05) is 0 Å². The van der Waals surface area contributed by atoms with E-state index in [9.17, 15) is 25.5 Å². The Labute approximate surface area is 237 Å². The van der Waals surface area contributed by atoms with Crippen LogP contribution in [0.1, 0.15) is 79.1 Å². The first-order chi connectivity index (χ1) is 18.8. The summed E-state index contributed by atoms with van der Waals surface area (Å²) in [7, 11) is 0. The second kappa shape index (κ2) is 8.85. The Kier molecular flexibility index (Phi) is 6.29. The highest BCUT2D eigenvalue weighted by molar-refractivity contribution is 5.35. The fourth-order valence-electron chi connectivity index (χ4n) is 12.4. The molecule has 7 fully saturated rings. The average Bonchev–Trinajstić information content (AvgIpc) is 3.55. The largest absolute Gasteiger partial charge is 0.394 e. The molecule has 0 aromatic heterocycles. The van der Waals surface area contributed by atoms with Gasteiger partial charge in [-0.15, -0.1) is 0 Å². The number of ether oxygens (including phenoxy) is 3. The molecule has 7 N–H and O–H groups in total. The van der Waals surface area contributed by atoms with Crippen molar-refractivity contribution < 1.29 is 39.7 Å². The van der Waals surface area contributed by atoms with Gasteiger partial charge in [-0.25, -0.2) is 0 Å². The number of fused-ring (bicyclic) bond motifs is 4. The van der Waals surface area contributed by atoms with E-state index in [0.29, 0.717) is 11.8 Å². The molecule has 2 aliphatic heterocycles. The molecule has 0 aromatic carbocycles. The Balaban J connectivity index is 1.16. The lowest BCUT2D eigenvalue weighted by atomic mass is 9.43. The van der Waals surface area contributed by atoms with E-state index in [4.69, 9.17) is 19.9 Å². The highest BCUT2D eigenvalue weighted by atomic mass is 16.7. The quantitative estimate of drug-likeness (QED) is 0.278. The van der Waals surface area contributed by atoms with Gasteiger partial charge in [-0.3, -0.25) is 0 Å². The van der Waals surface area contributed by atoms with Crippen molar-refractivity contribution in [2.75, 3.05) is 13.2 Å². The molecule has 9 nitrogen and oxygen atoms in total. The minimum atomic E-state index is -1.28. The van der Waals surface area contributed by atoms with E-state index in [0.717, 1.165) is 51.4 Å². The third-order valence-electron chi connectivity index (χ3n) is 14.3. The SMILES string of the molecule is C[C@@H]1CC(CO)OC2[C@H]1C1(C)CCC34CC35CC[C@H](OC3OC[C@@H](O)[C@H](O)[C@H]3O)C(C)(C)[C@@H]5CCC4[C@]1(N)[C@H]2O. The normalized spacial score (nSPS) is 62.0. The molecule has 2 spiro atoms. The van der Waals surface area contributed by atoms with Crippen molar-refractivity contribution in [1.29, 1.82) is 0 Å². The molecular weight excluding hydrogens is 514 g/mol. The van der Waals surface area contributed by atoms with Crippen LogP contribution in [0, 0.1) is 45.3 Å². The Morgan fingerprint density at radius 1 is 0.925 bits per heavy atom. The van der Waals surface area contributed by atoms with E-state index >= 15 is 0 Å². The summed E-state index contributed by atoms with van der Waals surface area (Å²) in [4.78, 5) is 0. The van der Waals surface area contributed by atoms with Crippen LogP contribution < -0.4 is 5.73 Å². The summed E-state index contributed by atoms with van der Waals surface area (Å²) in [5.41, 5.74) is 6.77. The van der Waals surface area contributed by atoms with Crippen LogP contribution in [0.4, 0.5) is 0 Å². The van der Waals surface area contributed by atoms with Gasteiger partial charge >= 0.3 is 0 Å². The molecule has 9 heteroatoms. The number of hydrogen-bond donors (Lipinski definition) is 6. The summed E-state index contributed by atoms with van der Waals surface area (Å²) in [5.74, 6) is 1.18. The van der Waals surface area contributed by atoms with Gasteiger partial charge in [0.15, 0.2) is 6.29 Å². The summed E-state index contributed by atoms with van der Waals surface area (Å²) >= 11 is 0. The maximum Gasteiger partial charge on any atom is 0.186 e. The maximum absolute atomic E-state index is 12.0. The van der Waals surface area contributed by atoms with Gasteiger partial charge in [0.25, 0.3) is 0 Å². The average molecular weight is 566 g/mol. The molecule has 7 rings (SSSR count). The third kappa shape index (κ3) is 3.25. The van der Waals surface area contributed by atoms with Crippen molar-refractivity contribution >= 4 is 0 Å². The van der Waals surface area contributed by atoms with E-state index < -0.39 is 36.2 Å². The molecule has 0 bridgehead atoms. The standard InChI is InChI=1S/C31H51NO8/c1-15-11-16(12-33)39-24-21(15)28(4)9-10-30-14-29(30)8-7-20(40-26-23(36)22(35)17(34)13-38-26)27(2,3)18(29)5-6-19(30)31(28,32)25(24)37/h15-26,33-37H,5-14,32H2,1-4H3/t15-,16?,17-,18+,19?,20+,21+,22+,23-,24?,25+,26?,28?,29?,30?,31+/m1/s1. The first-order valence-electron chi connectivity index (χ1n) is 15.8. The Bertz CT molecular complexity index is 1030. The van der Waals surface area contributed by atoms with Gasteiger partial charge < -0.3 is 45.5 Å². The van der Waals surface area contributed by atoms with Crippen LogP contribution in [0.3, 0.4) is 0 Å². The van der Waals surface area contributed by atoms with Gasteiger partial charge in [-0.2, -0.15) is 0 Å². The number of rotatable bonds is 3. The van der Waals surface area contributed by atoms with Crippen LogP contribution in [-0.2, 0) is 14.2 Å². The summed E-state index contributed by atoms with van der Waals surface area (Å²) < 4.78 is 18.4. The van der Waals surface area contributed by atoms with Crippen LogP contribution in [0.5, 0.6) is 0 Å². The topological polar surface area (TPSA) is 155 Å². The summed E-state index contributed by atoms with van der Waals surface area (Å²) in [6, 6.07) is 0. The van der Waals surface area contributed by atoms with Crippen molar-refractivity contribution in [3.8, 4) is 0 Å². The highest BCUT2D eigenvalue weighted by Gasteiger charge is 2.85. The Morgan fingerprint density at radius 3 is 2.35 bits per heavy atom. The van der Waals surface area contributed by atoms with Gasteiger partial charge in [-0.05, 0) is 96.7 Å². The van der Waals surface area contributed by atoms with E-state index in [1.165, 1.54) is 0 Å². The maximum atomic E-state index is 12.0. The minimum Gasteiger partial charge on any atom is -0.394 e. The zero-order chi connectivity index (χ0) is 28.6. The molecule has 0 aromatic rings. The molecule has 0 amide bonds. The van der Waals surface area contributed by atoms with Crippen LogP contribution in [-0.4, -0.2) is 93.3 Å².